The van der Waals surface area contributed by atoms with Crippen LogP contribution in [0.15, 0.2) is 29.2 Å². The summed E-state index contributed by atoms with van der Waals surface area (Å²) in [7, 11) is 0. The highest BCUT2D eigenvalue weighted by molar-refractivity contribution is 7.99. The fraction of sp³-hybridized carbons (Fsp3) is 0.471. The molecule has 2 rings (SSSR count). The van der Waals surface area contributed by atoms with E-state index in [0.717, 1.165) is 36.3 Å². The molecule has 1 fully saturated rings. The normalized spacial score (nSPS) is 20.5. The Balaban J connectivity index is 1.97. The number of carboxylic acids is 1. The number of hydrogen-bond acceptors (Lipinski definition) is 4. The third-order valence-corrected chi connectivity index (χ3v) is 5.31. The molecule has 6 heteroatoms. The molecule has 1 aromatic rings. The van der Waals surface area contributed by atoms with Crippen molar-refractivity contribution in [3.63, 3.8) is 0 Å². The summed E-state index contributed by atoms with van der Waals surface area (Å²) in [5.41, 5.74) is 0.280. The van der Waals surface area contributed by atoms with Gasteiger partial charge in [0.2, 0.25) is 5.91 Å². The first-order valence-electron chi connectivity index (χ1n) is 7.72. The van der Waals surface area contributed by atoms with Gasteiger partial charge >= 0.3 is 5.97 Å². The van der Waals surface area contributed by atoms with E-state index < -0.39 is 5.97 Å². The van der Waals surface area contributed by atoms with Gasteiger partial charge in [0.15, 0.2) is 0 Å². The highest BCUT2D eigenvalue weighted by atomic mass is 32.2. The van der Waals surface area contributed by atoms with E-state index in [4.69, 9.17) is 10.4 Å². The molecule has 0 saturated heterocycles. The molecule has 1 aliphatic rings. The van der Waals surface area contributed by atoms with Gasteiger partial charge in [-0.3, -0.25) is 4.79 Å². The topological polar surface area (TPSA) is 90.2 Å². The minimum atomic E-state index is -0.932. The summed E-state index contributed by atoms with van der Waals surface area (Å²) in [6.07, 6.45) is 4.01. The molecule has 2 N–H and O–H groups in total. The number of carbonyl (C=O) groups is 2. The van der Waals surface area contributed by atoms with Crippen LogP contribution in [0.2, 0.25) is 0 Å². The van der Waals surface area contributed by atoms with Crippen LogP contribution in [0.5, 0.6) is 0 Å². The second kappa shape index (κ2) is 8.59. The average Bonchev–Trinajstić information content (AvgIpc) is 2.58. The van der Waals surface area contributed by atoms with Crippen LogP contribution in [-0.4, -0.2) is 29.3 Å². The third kappa shape index (κ3) is 5.00. The van der Waals surface area contributed by atoms with Crippen LogP contribution in [0.4, 0.5) is 0 Å². The smallest absolute Gasteiger partial charge is 0.335 e. The second-order valence-electron chi connectivity index (χ2n) is 5.67. The average molecular weight is 332 g/mol. The summed E-state index contributed by atoms with van der Waals surface area (Å²) in [5.74, 6) is 0.0384. The third-order valence-electron chi connectivity index (χ3n) is 4.13. The molecule has 1 saturated carbocycles. The second-order valence-corrected chi connectivity index (χ2v) is 6.76. The van der Waals surface area contributed by atoms with E-state index in [1.165, 1.54) is 0 Å². The number of carbonyl (C=O) groups excluding carboxylic acids is 1. The lowest BCUT2D eigenvalue weighted by Gasteiger charge is -2.30. The summed E-state index contributed by atoms with van der Waals surface area (Å²) in [6.45, 7) is 0.0514. The SMILES string of the molecule is N#CCNC(=O)C1CCCCC1CSc1cccc(C(=O)O)c1. The number of hydrogen-bond donors (Lipinski definition) is 2. The molecule has 0 aliphatic heterocycles. The van der Waals surface area contributed by atoms with Crippen molar-refractivity contribution in [2.75, 3.05) is 12.3 Å². The van der Waals surface area contributed by atoms with E-state index in [1.54, 1.807) is 30.0 Å². The Morgan fingerprint density at radius 3 is 2.87 bits per heavy atom. The van der Waals surface area contributed by atoms with Crippen LogP contribution in [0.25, 0.3) is 0 Å². The van der Waals surface area contributed by atoms with Crippen LogP contribution < -0.4 is 5.32 Å². The molecule has 5 nitrogen and oxygen atoms in total. The summed E-state index contributed by atoms with van der Waals surface area (Å²) < 4.78 is 0. The van der Waals surface area contributed by atoms with Crippen molar-refractivity contribution in [3.05, 3.63) is 29.8 Å². The summed E-state index contributed by atoms with van der Waals surface area (Å²) in [6, 6.07) is 8.81. The van der Waals surface area contributed by atoms with Crippen molar-refractivity contribution < 1.29 is 14.7 Å². The molecular weight excluding hydrogens is 312 g/mol. The van der Waals surface area contributed by atoms with Gasteiger partial charge < -0.3 is 10.4 Å². The monoisotopic (exact) mass is 332 g/mol. The van der Waals surface area contributed by atoms with Crippen LogP contribution in [0.3, 0.4) is 0 Å². The van der Waals surface area contributed by atoms with E-state index in [0.29, 0.717) is 0 Å². The van der Waals surface area contributed by atoms with Crippen molar-refractivity contribution in [1.82, 2.24) is 5.32 Å². The maximum Gasteiger partial charge on any atom is 0.335 e. The van der Waals surface area contributed by atoms with Gasteiger partial charge in [-0.15, -0.1) is 11.8 Å². The molecule has 1 amide bonds. The van der Waals surface area contributed by atoms with Crippen LogP contribution in [-0.2, 0) is 4.79 Å². The number of nitrogens with one attached hydrogen (secondary N) is 1. The number of nitrogens with zero attached hydrogens (tertiary/aromatic N) is 1. The zero-order chi connectivity index (χ0) is 16.7. The number of thioether (sulfide) groups is 1. The maximum atomic E-state index is 12.2. The Morgan fingerprint density at radius 2 is 2.13 bits per heavy atom. The quantitative estimate of drug-likeness (QED) is 0.617. The number of carboxylic acid groups (broad SMARTS) is 1. The van der Waals surface area contributed by atoms with Crippen molar-refractivity contribution in [2.24, 2.45) is 11.8 Å². The zero-order valence-corrected chi connectivity index (χ0v) is 13.6. The van der Waals surface area contributed by atoms with Crippen LogP contribution in [0.1, 0.15) is 36.0 Å². The lowest BCUT2D eigenvalue weighted by Crippen LogP contribution is -2.37. The summed E-state index contributed by atoms with van der Waals surface area (Å²) in [5, 5.41) is 20.3. The summed E-state index contributed by atoms with van der Waals surface area (Å²) >= 11 is 1.60. The van der Waals surface area contributed by atoms with E-state index >= 15 is 0 Å². The lowest BCUT2D eigenvalue weighted by molar-refractivity contribution is -0.127. The largest absolute Gasteiger partial charge is 0.478 e. The molecule has 0 spiro atoms. The van der Waals surface area contributed by atoms with E-state index in [9.17, 15) is 9.59 Å². The number of aromatic carboxylic acids is 1. The Hall–Kier alpha value is -2.00. The van der Waals surface area contributed by atoms with Gasteiger partial charge in [0.1, 0.15) is 6.54 Å². The first-order valence-corrected chi connectivity index (χ1v) is 8.71. The molecule has 1 aromatic carbocycles. The molecule has 0 aromatic heterocycles. The zero-order valence-electron chi connectivity index (χ0n) is 12.8. The van der Waals surface area contributed by atoms with Crippen molar-refractivity contribution in [3.8, 4) is 6.07 Å². The van der Waals surface area contributed by atoms with Gasteiger partial charge in [-0.25, -0.2) is 4.79 Å². The van der Waals surface area contributed by atoms with Crippen molar-refractivity contribution in [2.45, 2.75) is 30.6 Å². The Morgan fingerprint density at radius 1 is 1.35 bits per heavy atom. The van der Waals surface area contributed by atoms with Gasteiger partial charge in [-0.1, -0.05) is 18.9 Å². The highest BCUT2D eigenvalue weighted by Crippen LogP contribution is 2.34. The number of amides is 1. The fourth-order valence-corrected chi connectivity index (χ4v) is 4.12. The molecule has 0 radical (unpaired) electrons. The molecule has 0 heterocycles. The molecule has 0 bridgehead atoms. The maximum absolute atomic E-state index is 12.2. The first kappa shape index (κ1) is 17.4. The minimum Gasteiger partial charge on any atom is -0.478 e. The van der Waals surface area contributed by atoms with Crippen molar-refractivity contribution >= 4 is 23.6 Å². The molecule has 1 aliphatic carbocycles. The summed E-state index contributed by atoms with van der Waals surface area (Å²) in [4.78, 5) is 24.1. The molecule has 122 valence electrons. The Bertz CT molecular complexity index is 612. The van der Waals surface area contributed by atoms with E-state index in [1.807, 2.05) is 12.1 Å². The standard InChI is InChI=1S/C17H20N2O3S/c18-8-9-19-16(20)15-7-2-1-4-13(15)11-23-14-6-3-5-12(10-14)17(21)22/h3,5-6,10,13,15H,1-2,4,7,9,11H2,(H,19,20)(H,21,22). The fourth-order valence-electron chi connectivity index (χ4n) is 2.93. The first-order chi connectivity index (χ1) is 11.1. The lowest BCUT2D eigenvalue weighted by atomic mass is 9.80. The van der Waals surface area contributed by atoms with Gasteiger partial charge in [0, 0.05) is 16.6 Å². The van der Waals surface area contributed by atoms with Crippen LogP contribution >= 0.6 is 11.8 Å². The van der Waals surface area contributed by atoms with Crippen molar-refractivity contribution in [1.29, 1.82) is 5.26 Å². The van der Waals surface area contributed by atoms with Gasteiger partial charge in [-0.2, -0.15) is 5.26 Å². The predicted octanol–water partition coefficient (Wildman–Crippen LogP) is 2.92. The molecule has 2 unspecified atom stereocenters. The molecular formula is C17H20N2O3S. The van der Waals surface area contributed by atoms with Gasteiger partial charge in [-0.05, 0) is 37.0 Å². The van der Waals surface area contributed by atoms with Gasteiger partial charge in [0.05, 0.1) is 11.6 Å². The number of nitriles is 1. The minimum absolute atomic E-state index is 0.0314. The number of rotatable bonds is 6. The molecule has 2 atom stereocenters. The Kier molecular flexibility index (Phi) is 6.48. The van der Waals surface area contributed by atoms with E-state index in [2.05, 4.69) is 5.32 Å². The molecule has 23 heavy (non-hydrogen) atoms. The Labute approximate surface area is 140 Å². The van der Waals surface area contributed by atoms with Crippen LogP contribution in [0, 0.1) is 23.2 Å². The number of benzene rings is 1. The predicted molar refractivity (Wildman–Crippen MR) is 88.2 cm³/mol. The highest BCUT2D eigenvalue weighted by Gasteiger charge is 2.30. The van der Waals surface area contributed by atoms with E-state index in [-0.39, 0.29) is 29.9 Å². The van der Waals surface area contributed by atoms with Gasteiger partial charge in [0.25, 0.3) is 0 Å².